The van der Waals surface area contributed by atoms with Gasteiger partial charge in [0, 0.05) is 6.07 Å². The highest BCUT2D eigenvalue weighted by atomic mass is 19.1. The summed E-state index contributed by atoms with van der Waals surface area (Å²) in [5.74, 6) is -0.483. The van der Waals surface area contributed by atoms with Crippen LogP contribution in [0.25, 0.3) is 5.69 Å². The fourth-order valence-corrected chi connectivity index (χ4v) is 1.36. The van der Waals surface area contributed by atoms with Crippen molar-refractivity contribution in [2.75, 3.05) is 5.32 Å². The molecule has 0 radical (unpaired) electrons. The van der Waals surface area contributed by atoms with Gasteiger partial charge in [-0.15, -0.1) is 0 Å². The Hall–Kier alpha value is -2.44. The summed E-state index contributed by atoms with van der Waals surface area (Å²) in [6.07, 6.45) is 2.79. The van der Waals surface area contributed by atoms with Crippen LogP contribution < -0.4 is 5.32 Å². The molecule has 2 N–H and O–H groups in total. The third kappa shape index (κ3) is 2.39. The SMILES string of the molecule is Cc1nn(-c2cncc(F)c2)cc1NC(=O)O. The molecule has 0 bridgehead atoms. The van der Waals surface area contributed by atoms with Crippen molar-refractivity contribution in [2.24, 2.45) is 0 Å². The lowest BCUT2D eigenvalue weighted by Crippen LogP contribution is -2.07. The lowest BCUT2D eigenvalue weighted by molar-refractivity contribution is 0.209. The van der Waals surface area contributed by atoms with Gasteiger partial charge in [0.15, 0.2) is 0 Å². The van der Waals surface area contributed by atoms with E-state index in [1.807, 2.05) is 0 Å². The summed E-state index contributed by atoms with van der Waals surface area (Å²) < 4.78 is 14.3. The zero-order valence-electron chi connectivity index (χ0n) is 8.88. The number of carbonyl (C=O) groups is 1. The normalized spacial score (nSPS) is 10.2. The van der Waals surface area contributed by atoms with E-state index in [4.69, 9.17) is 5.11 Å². The van der Waals surface area contributed by atoms with Gasteiger partial charge >= 0.3 is 6.09 Å². The highest BCUT2D eigenvalue weighted by molar-refractivity contribution is 5.83. The van der Waals surface area contributed by atoms with Gasteiger partial charge < -0.3 is 5.11 Å². The molecular weight excluding hydrogens is 227 g/mol. The zero-order valence-corrected chi connectivity index (χ0v) is 8.88. The molecule has 0 aromatic carbocycles. The number of aromatic nitrogens is 3. The molecule has 0 aliphatic rings. The monoisotopic (exact) mass is 236 g/mol. The lowest BCUT2D eigenvalue weighted by atomic mass is 10.4. The first-order chi connectivity index (χ1) is 8.06. The summed E-state index contributed by atoms with van der Waals surface area (Å²) in [6, 6.07) is 1.25. The van der Waals surface area contributed by atoms with Crippen LogP contribution in [0.3, 0.4) is 0 Å². The minimum Gasteiger partial charge on any atom is -0.465 e. The molecule has 2 aromatic heterocycles. The highest BCUT2D eigenvalue weighted by Gasteiger charge is 2.09. The zero-order chi connectivity index (χ0) is 12.4. The van der Waals surface area contributed by atoms with Crippen molar-refractivity contribution >= 4 is 11.8 Å². The minimum atomic E-state index is -1.18. The van der Waals surface area contributed by atoms with E-state index in [1.165, 1.54) is 23.1 Å². The van der Waals surface area contributed by atoms with Crippen molar-refractivity contribution in [2.45, 2.75) is 6.92 Å². The van der Waals surface area contributed by atoms with E-state index in [1.54, 1.807) is 6.92 Å². The number of rotatable bonds is 2. The molecule has 7 heteroatoms. The second-order valence-electron chi connectivity index (χ2n) is 3.36. The van der Waals surface area contributed by atoms with E-state index in [0.29, 0.717) is 17.1 Å². The number of nitrogens with one attached hydrogen (secondary N) is 1. The van der Waals surface area contributed by atoms with E-state index >= 15 is 0 Å². The summed E-state index contributed by atoms with van der Waals surface area (Å²) in [6.45, 7) is 1.65. The standard InChI is InChI=1S/C10H9FN4O2/c1-6-9(13-10(16)17)5-15(14-6)8-2-7(11)3-12-4-8/h2-5,13H,1H3,(H,16,17). The van der Waals surface area contributed by atoms with Crippen molar-refractivity contribution in [3.63, 3.8) is 0 Å². The van der Waals surface area contributed by atoms with Gasteiger partial charge in [0.05, 0.1) is 35.7 Å². The Balaban J connectivity index is 2.37. The molecule has 0 saturated carbocycles. The van der Waals surface area contributed by atoms with Gasteiger partial charge in [-0.25, -0.2) is 13.9 Å². The molecule has 2 heterocycles. The molecule has 0 aliphatic heterocycles. The predicted octanol–water partition coefficient (Wildman–Crippen LogP) is 1.80. The van der Waals surface area contributed by atoms with Crippen molar-refractivity contribution < 1.29 is 14.3 Å². The third-order valence-electron chi connectivity index (χ3n) is 2.10. The van der Waals surface area contributed by atoms with Gasteiger partial charge in [-0.05, 0) is 6.92 Å². The molecule has 88 valence electrons. The Kier molecular flexibility index (Phi) is 2.73. The molecule has 2 aromatic rings. The molecule has 0 unspecified atom stereocenters. The number of anilines is 1. The average Bonchev–Trinajstić information content (AvgIpc) is 2.59. The van der Waals surface area contributed by atoms with Gasteiger partial charge in [-0.3, -0.25) is 10.3 Å². The number of aryl methyl sites for hydroxylation is 1. The molecule has 0 atom stereocenters. The van der Waals surface area contributed by atoms with Crippen LogP contribution in [-0.4, -0.2) is 26.0 Å². The van der Waals surface area contributed by atoms with Crippen molar-refractivity contribution in [3.05, 3.63) is 36.2 Å². The Labute approximate surface area is 95.7 Å². The maximum Gasteiger partial charge on any atom is 0.409 e. The van der Waals surface area contributed by atoms with Gasteiger partial charge in [0.25, 0.3) is 0 Å². The number of hydrogen-bond donors (Lipinski definition) is 2. The van der Waals surface area contributed by atoms with Gasteiger partial charge in [-0.2, -0.15) is 5.10 Å². The Bertz CT molecular complexity index is 567. The van der Waals surface area contributed by atoms with Gasteiger partial charge in [-0.1, -0.05) is 0 Å². The molecule has 6 nitrogen and oxygen atoms in total. The Morgan fingerprint density at radius 2 is 2.29 bits per heavy atom. The number of halogens is 1. The van der Waals surface area contributed by atoms with E-state index < -0.39 is 11.9 Å². The number of carboxylic acid groups (broad SMARTS) is 1. The molecular formula is C10H9FN4O2. The summed E-state index contributed by atoms with van der Waals surface area (Å²) in [4.78, 5) is 14.2. The van der Waals surface area contributed by atoms with Gasteiger partial charge in [0.1, 0.15) is 5.82 Å². The largest absolute Gasteiger partial charge is 0.465 e. The highest BCUT2D eigenvalue weighted by Crippen LogP contribution is 2.16. The van der Waals surface area contributed by atoms with Crippen molar-refractivity contribution in [3.8, 4) is 5.69 Å². The summed E-state index contributed by atoms with van der Waals surface area (Å²) >= 11 is 0. The summed E-state index contributed by atoms with van der Waals surface area (Å²) in [7, 11) is 0. The molecule has 17 heavy (non-hydrogen) atoms. The topological polar surface area (TPSA) is 80.0 Å². The van der Waals surface area contributed by atoms with Crippen LogP contribution in [0.5, 0.6) is 0 Å². The van der Waals surface area contributed by atoms with Crippen LogP contribution in [-0.2, 0) is 0 Å². The molecule has 1 amide bonds. The van der Waals surface area contributed by atoms with Crippen molar-refractivity contribution in [1.82, 2.24) is 14.8 Å². The second kappa shape index (κ2) is 4.20. The Morgan fingerprint density at radius 3 is 2.94 bits per heavy atom. The summed E-state index contributed by atoms with van der Waals surface area (Å²) in [5, 5.41) is 14.9. The number of nitrogens with zero attached hydrogens (tertiary/aromatic N) is 3. The second-order valence-corrected chi connectivity index (χ2v) is 3.36. The van der Waals surface area contributed by atoms with Crippen LogP contribution in [0, 0.1) is 12.7 Å². The number of pyridine rings is 1. The fraction of sp³-hybridized carbons (Fsp3) is 0.100. The molecule has 0 aliphatic carbocycles. The van der Waals surface area contributed by atoms with Gasteiger partial charge in [0.2, 0.25) is 0 Å². The lowest BCUT2D eigenvalue weighted by Gasteiger charge is -1.99. The Morgan fingerprint density at radius 1 is 1.53 bits per heavy atom. The van der Waals surface area contributed by atoms with Crippen LogP contribution in [0.1, 0.15) is 5.69 Å². The first-order valence-corrected chi connectivity index (χ1v) is 4.73. The smallest absolute Gasteiger partial charge is 0.409 e. The number of amides is 1. The quantitative estimate of drug-likeness (QED) is 0.833. The van der Waals surface area contributed by atoms with E-state index in [0.717, 1.165) is 6.20 Å². The average molecular weight is 236 g/mol. The van der Waals surface area contributed by atoms with E-state index in [9.17, 15) is 9.18 Å². The first kappa shape index (κ1) is 11.1. The van der Waals surface area contributed by atoms with Crippen LogP contribution >= 0.6 is 0 Å². The molecule has 2 rings (SSSR count). The molecule has 0 fully saturated rings. The molecule has 0 saturated heterocycles. The van der Waals surface area contributed by atoms with E-state index in [2.05, 4.69) is 15.4 Å². The van der Waals surface area contributed by atoms with Crippen LogP contribution in [0.15, 0.2) is 24.7 Å². The third-order valence-corrected chi connectivity index (χ3v) is 2.10. The maximum absolute atomic E-state index is 13.0. The number of hydrogen-bond acceptors (Lipinski definition) is 3. The van der Waals surface area contributed by atoms with E-state index in [-0.39, 0.29) is 0 Å². The van der Waals surface area contributed by atoms with Crippen LogP contribution in [0.4, 0.5) is 14.9 Å². The predicted molar refractivity (Wildman–Crippen MR) is 57.7 cm³/mol. The first-order valence-electron chi connectivity index (χ1n) is 4.73. The van der Waals surface area contributed by atoms with Crippen LogP contribution in [0.2, 0.25) is 0 Å². The fourth-order valence-electron chi connectivity index (χ4n) is 1.36. The summed E-state index contributed by atoms with van der Waals surface area (Å²) in [5.41, 5.74) is 1.27. The minimum absolute atomic E-state index is 0.349. The maximum atomic E-state index is 13.0. The van der Waals surface area contributed by atoms with Crippen molar-refractivity contribution in [1.29, 1.82) is 0 Å². The molecule has 0 spiro atoms.